The van der Waals surface area contributed by atoms with E-state index in [-0.39, 0.29) is 18.0 Å². The molecule has 1 fully saturated rings. The Morgan fingerprint density at radius 1 is 1.43 bits per heavy atom. The number of aryl methyl sites for hydroxylation is 1. The molecule has 3 rings (SSSR count). The fourth-order valence-electron chi connectivity index (χ4n) is 3.17. The molecule has 1 aliphatic carbocycles. The summed E-state index contributed by atoms with van der Waals surface area (Å²) in [5.74, 6) is 2.44. The van der Waals surface area contributed by atoms with E-state index in [0.717, 1.165) is 43.9 Å². The van der Waals surface area contributed by atoms with Crippen LogP contribution in [-0.2, 0) is 13.0 Å². The van der Waals surface area contributed by atoms with E-state index in [1.165, 1.54) is 0 Å². The van der Waals surface area contributed by atoms with Crippen LogP contribution in [0.4, 0.5) is 4.79 Å². The Balaban J connectivity index is 1.65. The predicted octanol–water partition coefficient (Wildman–Crippen LogP) is 1.33. The van der Waals surface area contributed by atoms with Crippen LogP contribution < -0.4 is 5.32 Å². The molecule has 2 heterocycles. The maximum Gasteiger partial charge on any atom is 0.317 e. The topological polar surface area (TPSA) is 83.3 Å². The lowest BCUT2D eigenvalue weighted by Crippen LogP contribution is -2.44. The van der Waals surface area contributed by atoms with E-state index < -0.39 is 6.10 Å². The van der Waals surface area contributed by atoms with Crippen molar-refractivity contribution in [2.24, 2.45) is 11.8 Å². The molecule has 0 aromatic carbocycles. The molecule has 0 saturated heterocycles. The van der Waals surface area contributed by atoms with Crippen molar-refractivity contribution in [3.05, 3.63) is 11.6 Å². The minimum absolute atomic E-state index is 0.164. The second kappa shape index (κ2) is 6.47. The predicted molar refractivity (Wildman–Crippen MR) is 85.8 cm³/mol. The lowest BCUT2D eigenvalue weighted by atomic mass is 10.0. The Morgan fingerprint density at radius 2 is 2.17 bits per heavy atom. The van der Waals surface area contributed by atoms with Gasteiger partial charge in [0.1, 0.15) is 5.82 Å². The van der Waals surface area contributed by atoms with E-state index in [9.17, 15) is 9.90 Å². The molecule has 1 aliphatic heterocycles. The van der Waals surface area contributed by atoms with E-state index in [1.807, 2.05) is 0 Å². The Hall–Kier alpha value is -1.63. The number of carbonyl (C=O) groups excluding carboxylic acids is 1. The summed E-state index contributed by atoms with van der Waals surface area (Å²) in [5.41, 5.74) is 0. The van der Waals surface area contributed by atoms with Gasteiger partial charge >= 0.3 is 6.03 Å². The quantitative estimate of drug-likeness (QED) is 0.828. The fraction of sp³-hybridized carbons (Fsp3) is 0.812. The van der Waals surface area contributed by atoms with Gasteiger partial charge in [0.2, 0.25) is 0 Å². The minimum Gasteiger partial charge on any atom is -0.391 e. The first kappa shape index (κ1) is 16.2. The summed E-state index contributed by atoms with van der Waals surface area (Å²) in [5, 5.41) is 21.6. The number of nitrogens with zero attached hydrogens (tertiary/aromatic N) is 4. The minimum atomic E-state index is -0.416. The van der Waals surface area contributed by atoms with Gasteiger partial charge in [-0.25, -0.2) is 4.79 Å². The average molecular weight is 321 g/mol. The smallest absolute Gasteiger partial charge is 0.317 e. The van der Waals surface area contributed by atoms with Gasteiger partial charge in [0.05, 0.1) is 12.1 Å². The number of hydrogen-bond donors (Lipinski definition) is 2. The number of likely N-dealkylation sites (N-methyl/N-ethyl adjacent to an activating group) is 1. The van der Waals surface area contributed by atoms with Crippen molar-refractivity contribution in [2.45, 2.75) is 58.2 Å². The molecule has 7 nitrogen and oxygen atoms in total. The molecule has 23 heavy (non-hydrogen) atoms. The SMILES string of the molecule is CC(C)[C@H](NC(=O)N(C)C[C@H](O)C1CC1)c1nnc2n1CCC2. The number of urea groups is 1. The number of aliphatic hydroxyl groups is 1. The summed E-state index contributed by atoms with van der Waals surface area (Å²) < 4.78 is 2.13. The fourth-order valence-corrected chi connectivity index (χ4v) is 3.17. The second-order valence-electron chi connectivity index (χ2n) is 7.19. The highest BCUT2D eigenvalue weighted by Crippen LogP contribution is 2.32. The molecule has 2 aliphatic rings. The number of aromatic nitrogens is 3. The van der Waals surface area contributed by atoms with Gasteiger partial charge in [-0.1, -0.05) is 13.8 Å². The second-order valence-corrected chi connectivity index (χ2v) is 7.19. The van der Waals surface area contributed by atoms with Crippen LogP contribution in [0.1, 0.15) is 50.8 Å². The van der Waals surface area contributed by atoms with E-state index in [1.54, 1.807) is 11.9 Å². The highest BCUT2D eigenvalue weighted by atomic mass is 16.3. The summed E-state index contributed by atoms with van der Waals surface area (Å²) >= 11 is 0. The maximum absolute atomic E-state index is 12.5. The van der Waals surface area contributed by atoms with Gasteiger partial charge in [0.15, 0.2) is 5.82 Å². The molecule has 1 saturated carbocycles. The van der Waals surface area contributed by atoms with Gasteiger partial charge in [0, 0.05) is 26.6 Å². The zero-order valence-electron chi connectivity index (χ0n) is 14.2. The van der Waals surface area contributed by atoms with Gasteiger partial charge < -0.3 is 19.9 Å². The lowest BCUT2D eigenvalue weighted by Gasteiger charge is -2.27. The number of nitrogens with one attached hydrogen (secondary N) is 1. The Kier molecular flexibility index (Phi) is 4.57. The zero-order chi connectivity index (χ0) is 16.6. The molecule has 0 spiro atoms. The molecule has 2 amide bonds. The van der Waals surface area contributed by atoms with Gasteiger partial charge in [-0.2, -0.15) is 0 Å². The van der Waals surface area contributed by atoms with E-state index in [4.69, 9.17) is 0 Å². The molecule has 0 radical (unpaired) electrons. The third kappa shape index (κ3) is 3.49. The van der Waals surface area contributed by atoms with Crippen molar-refractivity contribution in [1.82, 2.24) is 25.0 Å². The van der Waals surface area contributed by atoms with Crippen molar-refractivity contribution in [2.75, 3.05) is 13.6 Å². The Labute approximate surface area is 137 Å². The number of hydrogen-bond acceptors (Lipinski definition) is 4. The average Bonchev–Trinajstić information content (AvgIpc) is 3.13. The lowest BCUT2D eigenvalue weighted by molar-refractivity contribution is 0.111. The van der Waals surface area contributed by atoms with Gasteiger partial charge in [-0.15, -0.1) is 10.2 Å². The van der Waals surface area contributed by atoms with Crippen LogP contribution in [0.5, 0.6) is 0 Å². The molecule has 2 N–H and O–H groups in total. The molecule has 2 atom stereocenters. The molecule has 7 heteroatoms. The summed E-state index contributed by atoms with van der Waals surface area (Å²) in [4.78, 5) is 14.0. The third-order valence-corrected chi connectivity index (χ3v) is 4.84. The number of carbonyl (C=O) groups is 1. The molecule has 1 aromatic rings. The molecule has 1 aromatic heterocycles. The maximum atomic E-state index is 12.5. The highest BCUT2D eigenvalue weighted by Gasteiger charge is 2.32. The van der Waals surface area contributed by atoms with Crippen LogP contribution in [0.25, 0.3) is 0 Å². The number of aliphatic hydroxyl groups excluding tert-OH is 1. The Morgan fingerprint density at radius 3 is 2.83 bits per heavy atom. The number of amides is 2. The Bertz CT molecular complexity index is 567. The van der Waals surface area contributed by atoms with Crippen molar-refractivity contribution in [3.8, 4) is 0 Å². The van der Waals surface area contributed by atoms with Gasteiger partial charge in [-0.3, -0.25) is 0 Å². The molecule has 0 unspecified atom stereocenters. The van der Waals surface area contributed by atoms with E-state index in [0.29, 0.717) is 12.5 Å². The van der Waals surface area contributed by atoms with Crippen molar-refractivity contribution < 1.29 is 9.90 Å². The van der Waals surface area contributed by atoms with Crippen LogP contribution in [0, 0.1) is 11.8 Å². The molecular weight excluding hydrogens is 294 g/mol. The highest BCUT2D eigenvalue weighted by molar-refractivity contribution is 5.74. The molecular formula is C16H27N5O2. The van der Waals surface area contributed by atoms with Crippen LogP contribution in [0.15, 0.2) is 0 Å². The largest absolute Gasteiger partial charge is 0.391 e. The van der Waals surface area contributed by atoms with Crippen LogP contribution in [-0.4, -0.2) is 50.5 Å². The van der Waals surface area contributed by atoms with Gasteiger partial charge in [-0.05, 0) is 31.1 Å². The molecule has 128 valence electrons. The molecule has 0 bridgehead atoms. The zero-order valence-corrected chi connectivity index (χ0v) is 14.2. The summed E-state index contributed by atoms with van der Waals surface area (Å²) in [6.45, 7) is 5.44. The van der Waals surface area contributed by atoms with E-state index in [2.05, 4.69) is 33.9 Å². The van der Waals surface area contributed by atoms with Gasteiger partial charge in [0.25, 0.3) is 0 Å². The number of fused-ring (bicyclic) bond motifs is 1. The monoisotopic (exact) mass is 321 g/mol. The first-order chi connectivity index (χ1) is 11.0. The van der Waals surface area contributed by atoms with E-state index >= 15 is 0 Å². The van der Waals surface area contributed by atoms with Crippen LogP contribution >= 0.6 is 0 Å². The summed E-state index contributed by atoms with van der Waals surface area (Å²) in [7, 11) is 1.73. The van der Waals surface area contributed by atoms with Crippen molar-refractivity contribution >= 4 is 6.03 Å². The number of rotatable bonds is 6. The van der Waals surface area contributed by atoms with Crippen LogP contribution in [0.2, 0.25) is 0 Å². The first-order valence-corrected chi connectivity index (χ1v) is 8.59. The summed E-state index contributed by atoms with van der Waals surface area (Å²) in [6.07, 6.45) is 3.76. The summed E-state index contributed by atoms with van der Waals surface area (Å²) in [6, 6.07) is -0.332. The third-order valence-electron chi connectivity index (χ3n) is 4.84. The first-order valence-electron chi connectivity index (χ1n) is 8.59. The van der Waals surface area contributed by atoms with Crippen molar-refractivity contribution in [1.29, 1.82) is 0 Å². The van der Waals surface area contributed by atoms with Crippen LogP contribution in [0.3, 0.4) is 0 Å². The standard InChI is InChI=1S/C16H27N5O2/c1-10(2)14(15-19-18-13-5-4-8-21(13)15)17-16(23)20(3)9-12(22)11-6-7-11/h10-12,14,22H,4-9H2,1-3H3,(H,17,23)/t12-,14-/m0/s1. The normalized spacial score (nSPS) is 19.5. The van der Waals surface area contributed by atoms with Crippen molar-refractivity contribution in [3.63, 3.8) is 0 Å².